The lowest BCUT2D eigenvalue weighted by Gasteiger charge is -2.27. The summed E-state index contributed by atoms with van der Waals surface area (Å²) < 4.78 is 0. The Hall–Kier alpha value is -1.84. The fraction of sp³-hybridized carbons (Fsp3) is 0.529. The summed E-state index contributed by atoms with van der Waals surface area (Å²) in [6.07, 6.45) is 5.03. The molecule has 1 aliphatic carbocycles. The van der Waals surface area contributed by atoms with Gasteiger partial charge in [0.2, 0.25) is 5.95 Å². The molecule has 1 fully saturated rings. The van der Waals surface area contributed by atoms with Gasteiger partial charge in [0.1, 0.15) is 5.82 Å². The van der Waals surface area contributed by atoms with Crippen molar-refractivity contribution in [2.45, 2.75) is 38.6 Å². The summed E-state index contributed by atoms with van der Waals surface area (Å²) in [7, 11) is 4.06. The molecule has 1 aromatic carbocycles. The van der Waals surface area contributed by atoms with Crippen LogP contribution in [0.25, 0.3) is 10.9 Å². The molecule has 0 saturated heterocycles. The van der Waals surface area contributed by atoms with Crippen molar-refractivity contribution in [3.8, 4) is 0 Å². The first kappa shape index (κ1) is 14.1. The number of nitrogens with zero attached hydrogens (tertiary/aromatic N) is 3. The highest BCUT2D eigenvalue weighted by atomic mass is 15.2. The van der Waals surface area contributed by atoms with Crippen molar-refractivity contribution in [2.24, 2.45) is 5.92 Å². The summed E-state index contributed by atoms with van der Waals surface area (Å²) in [6, 6.07) is 8.71. The number of aromatic nitrogens is 2. The number of anilines is 2. The van der Waals surface area contributed by atoms with Crippen LogP contribution in [-0.4, -0.2) is 30.1 Å². The Bertz CT molecular complexity index is 615. The first-order valence-corrected chi connectivity index (χ1v) is 7.84. The Morgan fingerprint density at radius 3 is 2.48 bits per heavy atom. The van der Waals surface area contributed by atoms with Gasteiger partial charge in [-0.05, 0) is 43.7 Å². The predicted molar refractivity (Wildman–Crippen MR) is 88.9 cm³/mol. The average Bonchev–Trinajstić information content (AvgIpc) is 2.48. The van der Waals surface area contributed by atoms with Gasteiger partial charge in [-0.3, -0.25) is 0 Å². The zero-order valence-electron chi connectivity index (χ0n) is 13.1. The van der Waals surface area contributed by atoms with Crippen molar-refractivity contribution < 1.29 is 0 Å². The largest absolute Gasteiger partial charge is 0.362 e. The van der Waals surface area contributed by atoms with Crippen molar-refractivity contribution in [1.29, 1.82) is 0 Å². The quantitative estimate of drug-likeness (QED) is 0.933. The van der Waals surface area contributed by atoms with Crippen LogP contribution in [-0.2, 0) is 0 Å². The Balaban J connectivity index is 1.88. The molecule has 2 aromatic rings. The molecule has 3 rings (SSSR count). The van der Waals surface area contributed by atoms with E-state index in [4.69, 9.17) is 4.98 Å². The van der Waals surface area contributed by atoms with Gasteiger partial charge in [0, 0.05) is 25.5 Å². The molecule has 21 heavy (non-hydrogen) atoms. The van der Waals surface area contributed by atoms with Gasteiger partial charge >= 0.3 is 0 Å². The molecule has 0 amide bonds. The summed E-state index contributed by atoms with van der Waals surface area (Å²) in [5.74, 6) is 2.60. The number of para-hydroxylation sites is 1. The van der Waals surface area contributed by atoms with Crippen LogP contribution in [0.5, 0.6) is 0 Å². The van der Waals surface area contributed by atoms with Gasteiger partial charge in [0.25, 0.3) is 0 Å². The van der Waals surface area contributed by atoms with Crippen LogP contribution in [0.4, 0.5) is 11.8 Å². The predicted octanol–water partition coefficient (Wildman–Crippen LogP) is 3.69. The van der Waals surface area contributed by atoms with Gasteiger partial charge in [0.15, 0.2) is 0 Å². The molecular weight excluding hydrogens is 260 g/mol. The first-order valence-electron chi connectivity index (χ1n) is 7.84. The number of fused-ring (bicyclic) bond motifs is 1. The van der Waals surface area contributed by atoms with E-state index in [0.717, 1.165) is 28.6 Å². The number of rotatable bonds is 3. The van der Waals surface area contributed by atoms with Crippen LogP contribution in [0.1, 0.15) is 32.6 Å². The summed E-state index contributed by atoms with van der Waals surface area (Å²) in [5.41, 5.74) is 1.00. The minimum absolute atomic E-state index is 0.511. The van der Waals surface area contributed by atoms with Gasteiger partial charge < -0.3 is 10.2 Å². The molecule has 0 aliphatic heterocycles. The van der Waals surface area contributed by atoms with E-state index < -0.39 is 0 Å². The third-order valence-corrected chi connectivity index (χ3v) is 4.36. The second kappa shape index (κ2) is 5.88. The molecule has 112 valence electrons. The zero-order valence-corrected chi connectivity index (χ0v) is 13.1. The summed E-state index contributed by atoms with van der Waals surface area (Å²) >= 11 is 0. The molecule has 4 nitrogen and oxygen atoms in total. The topological polar surface area (TPSA) is 41.1 Å². The van der Waals surface area contributed by atoms with Gasteiger partial charge in [-0.25, -0.2) is 4.98 Å². The SMILES string of the molecule is CN(C)c1nc(N[C@H]2CC[C@@H](C)CC2)nc2ccccc12. The molecule has 0 radical (unpaired) electrons. The standard InChI is InChI=1S/C17H24N4/c1-12-8-10-13(11-9-12)18-17-19-15-7-5-4-6-14(15)16(20-17)21(2)3/h4-7,12-13H,8-11H2,1-3H3,(H,18,19,20)/t12-,13+. The fourth-order valence-electron chi connectivity index (χ4n) is 3.05. The molecule has 4 heteroatoms. The van der Waals surface area contributed by atoms with Gasteiger partial charge in [-0.2, -0.15) is 4.98 Å². The lowest BCUT2D eigenvalue weighted by atomic mass is 9.87. The van der Waals surface area contributed by atoms with E-state index in [1.807, 2.05) is 26.2 Å². The molecule has 0 bridgehead atoms. The molecule has 0 atom stereocenters. The minimum Gasteiger partial charge on any atom is -0.362 e. The van der Waals surface area contributed by atoms with Crippen molar-refractivity contribution in [3.63, 3.8) is 0 Å². The lowest BCUT2D eigenvalue weighted by molar-refractivity contribution is 0.360. The van der Waals surface area contributed by atoms with Crippen molar-refractivity contribution in [1.82, 2.24) is 9.97 Å². The molecule has 1 N–H and O–H groups in total. The molecule has 1 aliphatic rings. The van der Waals surface area contributed by atoms with Gasteiger partial charge in [-0.15, -0.1) is 0 Å². The third kappa shape index (κ3) is 3.09. The highest BCUT2D eigenvalue weighted by Crippen LogP contribution is 2.27. The molecule has 1 heterocycles. The van der Waals surface area contributed by atoms with Crippen molar-refractivity contribution in [3.05, 3.63) is 24.3 Å². The van der Waals surface area contributed by atoms with Crippen LogP contribution in [0.2, 0.25) is 0 Å². The molecular formula is C17H24N4. The Morgan fingerprint density at radius 1 is 1.05 bits per heavy atom. The number of benzene rings is 1. The maximum absolute atomic E-state index is 4.72. The van der Waals surface area contributed by atoms with Crippen LogP contribution < -0.4 is 10.2 Å². The van der Waals surface area contributed by atoms with E-state index in [1.165, 1.54) is 25.7 Å². The van der Waals surface area contributed by atoms with E-state index in [0.29, 0.717) is 6.04 Å². The number of hydrogen-bond donors (Lipinski definition) is 1. The Kier molecular flexibility index (Phi) is 3.95. The average molecular weight is 284 g/mol. The third-order valence-electron chi connectivity index (χ3n) is 4.36. The minimum atomic E-state index is 0.511. The van der Waals surface area contributed by atoms with Crippen LogP contribution in [0, 0.1) is 5.92 Å². The fourth-order valence-corrected chi connectivity index (χ4v) is 3.05. The highest BCUT2D eigenvalue weighted by molar-refractivity contribution is 5.90. The Morgan fingerprint density at radius 2 is 1.76 bits per heavy atom. The second-order valence-electron chi connectivity index (χ2n) is 6.38. The smallest absolute Gasteiger partial charge is 0.225 e. The van der Waals surface area contributed by atoms with Crippen LogP contribution in [0.15, 0.2) is 24.3 Å². The zero-order chi connectivity index (χ0) is 14.8. The summed E-state index contributed by atoms with van der Waals surface area (Å²) in [6.45, 7) is 2.34. The van der Waals surface area contributed by atoms with Gasteiger partial charge in [0.05, 0.1) is 5.52 Å². The normalized spacial score (nSPS) is 22.2. The van der Waals surface area contributed by atoms with Crippen LogP contribution >= 0.6 is 0 Å². The second-order valence-corrected chi connectivity index (χ2v) is 6.38. The maximum atomic E-state index is 4.72. The van der Waals surface area contributed by atoms with E-state index in [1.54, 1.807) is 0 Å². The summed E-state index contributed by atoms with van der Waals surface area (Å²) in [5, 5.41) is 4.64. The first-order chi connectivity index (χ1) is 10.1. The summed E-state index contributed by atoms with van der Waals surface area (Å²) in [4.78, 5) is 11.5. The van der Waals surface area contributed by atoms with E-state index in [9.17, 15) is 0 Å². The monoisotopic (exact) mass is 284 g/mol. The maximum Gasteiger partial charge on any atom is 0.225 e. The van der Waals surface area contributed by atoms with E-state index in [-0.39, 0.29) is 0 Å². The van der Waals surface area contributed by atoms with Crippen LogP contribution in [0.3, 0.4) is 0 Å². The number of nitrogens with one attached hydrogen (secondary N) is 1. The lowest BCUT2D eigenvalue weighted by Crippen LogP contribution is -2.26. The number of hydrogen-bond acceptors (Lipinski definition) is 4. The molecule has 1 aromatic heterocycles. The Labute approximate surface area is 126 Å². The van der Waals surface area contributed by atoms with E-state index in [2.05, 4.69) is 34.3 Å². The molecule has 0 spiro atoms. The van der Waals surface area contributed by atoms with Crippen molar-refractivity contribution in [2.75, 3.05) is 24.3 Å². The highest BCUT2D eigenvalue weighted by Gasteiger charge is 2.19. The van der Waals surface area contributed by atoms with E-state index >= 15 is 0 Å². The molecule has 1 saturated carbocycles. The molecule has 0 unspecified atom stereocenters. The van der Waals surface area contributed by atoms with Gasteiger partial charge in [-0.1, -0.05) is 19.1 Å². The van der Waals surface area contributed by atoms with Crippen molar-refractivity contribution >= 4 is 22.7 Å².